The van der Waals surface area contributed by atoms with Crippen LogP contribution in [-0.4, -0.2) is 5.11 Å². The van der Waals surface area contributed by atoms with Gasteiger partial charge in [0, 0.05) is 11.3 Å². The van der Waals surface area contributed by atoms with Crippen LogP contribution in [0.3, 0.4) is 0 Å². The lowest BCUT2D eigenvalue weighted by molar-refractivity contribution is 0.465. The number of aromatic hydroxyl groups is 1. The number of phenolic OH excluding ortho intramolecular Hbond substituents is 1. The smallest absolute Gasteiger partial charge is 0.121 e. The lowest BCUT2D eigenvalue weighted by atomic mass is 10.0. The minimum absolute atomic E-state index is 0.0328. The van der Waals surface area contributed by atoms with E-state index in [1.165, 1.54) is 0 Å². The molecule has 1 unspecified atom stereocenters. The Kier molecular flexibility index (Phi) is 3.72. The van der Waals surface area contributed by atoms with Gasteiger partial charge < -0.3 is 10.4 Å². The standard InChI is InChI=1S/C16H16N2O/c1-11-6-7-15(16(19)8-11)12(2)18-14-5-3-4-13(9-14)10-17/h3-9,12,18-19H,1-2H3. The van der Waals surface area contributed by atoms with Crippen molar-refractivity contribution >= 4 is 5.69 Å². The van der Waals surface area contributed by atoms with Crippen LogP contribution in [0.4, 0.5) is 5.69 Å². The molecular weight excluding hydrogens is 236 g/mol. The van der Waals surface area contributed by atoms with Crippen molar-refractivity contribution in [1.82, 2.24) is 0 Å². The van der Waals surface area contributed by atoms with Crippen LogP contribution in [0.25, 0.3) is 0 Å². The summed E-state index contributed by atoms with van der Waals surface area (Å²) in [6.07, 6.45) is 0. The molecule has 2 aromatic carbocycles. The molecule has 3 heteroatoms. The van der Waals surface area contributed by atoms with Crippen LogP contribution in [0.1, 0.15) is 29.7 Å². The fourth-order valence-corrected chi connectivity index (χ4v) is 2.03. The van der Waals surface area contributed by atoms with Gasteiger partial charge in [0.1, 0.15) is 5.75 Å². The Labute approximate surface area is 113 Å². The molecule has 1 atom stereocenters. The monoisotopic (exact) mass is 252 g/mol. The number of nitrogens with zero attached hydrogens (tertiary/aromatic N) is 1. The maximum absolute atomic E-state index is 9.95. The highest BCUT2D eigenvalue weighted by Crippen LogP contribution is 2.27. The molecule has 0 fully saturated rings. The molecule has 0 aliphatic heterocycles. The Morgan fingerprint density at radius 2 is 2.00 bits per heavy atom. The van der Waals surface area contributed by atoms with Crippen molar-refractivity contribution in [3.05, 3.63) is 59.2 Å². The summed E-state index contributed by atoms with van der Waals surface area (Å²) >= 11 is 0. The van der Waals surface area contributed by atoms with Crippen LogP contribution in [0.2, 0.25) is 0 Å². The number of hydrogen-bond acceptors (Lipinski definition) is 3. The first kappa shape index (κ1) is 13.0. The second-order valence-corrected chi connectivity index (χ2v) is 4.62. The van der Waals surface area contributed by atoms with Gasteiger partial charge in [0.05, 0.1) is 17.7 Å². The molecule has 0 saturated heterocycles. The Bertz CT molecular complexity index is 629. The second-order valence-electron chi connectivity index (χ2n) is 4.62. The molecule has 0 amide bonds. The van der Waals surface area contributed by atoms with Gasteiger partial charge in [-0.1, -0.05) is 18.2 Å². The first-order valence-electron chi connectivity index (χ1n) is 6.16. The topological polar surface area (TPSA) is 56.0 Å². The summed E-state index contributed by atoms with van der Waals surface area (Å²) in [5, 5.41) is 22.1. The van der Waals surface area contributed by atoms with Crippen molar-refractivity contribution in [3.63, 3.8) is 0 Å². The average molecular weight is 252 g/mol. The molecule has 0 aliphatic rings. The van der Waals surface area contributed by atoms with E-state index in [2.05, 4.69) is 11.4 Å². The van der Waals surface area contributed by atoms with E-state index in [9.17, 15) is 5.11 Å². The third-order valence-corrected chi connectivity index (χ3v) is 3.03. The molecule has 0 spiro atoms. The molecule has 2 rings (SSSR count). The van der Waals surface area contributed by atoms with Crippen LogP contribution in [0.15, 0.2) is 42.5 Å². The zero-order valence-electron chi connectivity index (χ0n) is 11.0. The highest BCUT2D eigenvalue weighted by molar-refractivity contribution is 5.51. The maximum Gasteiger partial charge on any atom is 0.121 e. The number of anilines is 1. The van der Waals surface area contributed by atoms with E-state index in [1.807, 2.05) is 38.1 Å². The first-order chi connectivity index (χ1) is 9.10. The average Bonchev–Trinajstić information content (AvgIpc) is 2.38. The predicted octanol–water partition coefficient (Wildman–Crippen LogP) is 3.75. The molecule has 0 saturated carbocycles. The van der Waals surface area contributed by atoms with Crippen molar-refractivity contribution in [2.45, 2.75) is 19.9 Å². The first-order valence-corrected chi connectivity index (χ1v) is 6.16. The molecule has 0 aromatic heterocycles. The number of benzene rings is 2. The summed E-state index contributed by atoms with van der Waals surface area (Å²) < 4.78 is 0. The summed E-state index contributed by atoms with van der Waals surface area (Å²) in [6.45, 7) is 3.92. The van der Waals surface area contributed by atoms with E-state index < -0.39 is 0 Å². The lowest BCUT2D eigenvalue weighted by Crippen LogP contribution is -2.07. The molecule has 96 valence electrons. The summed E-state index contributed by atoms with van der Waals surface area (Å²) in [4.78, 5) is 0. The van der Waals surface area contributed by atoms with Crippen molar-refractivity contribution in [2.24, 2.45) is 0 Å². The van der Waals surface area contributed by atoms with Crippen molar-refractivity contribution < 1.29 is 5.11 Å². The number of hydrogen-bond donors (Lipinski definition) is 2. The van der Waals surface area contributed by atoms with E-state index >= 15 is 0 Å². The third kappa shape index (κ3) is 3.05. The minimum atomic E-state index is -0.0328. The van der Waals surface area contributed by atoms with Gasteiger partial charge in [-0.25, -0.2) is 0 Å². The maximum atomic E-state index is 9.95. The van der Waals surface area contributed by atoms with Gasteiger partial charge in [0.15, 0.2) is 0 Å². The molecule has 0 aliphatic carbocycles. The van der Waals surface area contributed by atoms with Crippen molar-refractivity contribution in [3.8, 4) is 11.8 Å². The van der Waals surface area contributed by atoms with Crippen LogP contribution in [-0.2, 0) is 0 Å². The predicted molar refractivity (Wildman–Crippen MR) is 76.0 cm³/mol. The molecular formula is C16H16N2O. The Hall–Kier alpha value is -2.47. The number of phenols is 1. The molecule has 3 nitrogen and oxygen atoms in total. The van der Waals surface area contributed by atoms with Gasteiger partial charge in [0.25, 0.3) is 0 Å². The number of aryl methyl sites for hydroxylation is 1. The van der Waals surface area contributed by atoms with Crippen molar-refractivity contribution in [1.29, 1.82) is 5.26 Å². The molecule has 2 N–H and O–H groups in total. The summed E-state index contributed by atoms with van der Waals surface area (Å²) in [6, 6.07) is 15.0. The molecule has 0 radical (unpaired) electrons. The van der Waals surface area contributed by atoms with Crippen molar-refractivity contribution in [2.75, 3.05) is 5.32 Å². The van der Waals surface area contributed by atoms with Gasteiger partial charge >= 0.3 is 0 Å². The van der Waals surface area contributed by atoms with E-state index in [0.717, 1.165) is 16.8 Å². The van der Waals surface area contributed by atoms with Crippen LogP contribution >= 0.6 is 0 Å². The summed E-state index contributed by atoms with van der Waals surface area (Å²) in [5.41, 5.74) is 3.35. The van der Waals surface area contributed by atoms with Gasteiger partial charge in [-0.2, -0.15) is 5.26 Å². The number of nitriles is 1. The summed E-state index contributed by atoms with van der Waals surface area (Å²) in [5.74, 6) is 0.288. The number of nitrogens with one attached hydrogen (secondary N) is 1. The van der Waals surface area contributed by atoms with Crippen LogP contribution in [0, 0.1) is 18.3 Å². The molecule has 0 bridgehead atoms. The fourth-order valence-electron chi connectivity index (χ4n) is 2.03. The Morgan fingerprint density at radius 3 is 2.68 bits per heavy atom. The van der Waals surface area contributed by atoms with E-state index in [0.29, 0.717) is 5.56 Å². The summed E-state index contributed by atoms with van der Waals surface area (Å²) in [7, 11) is 0. The second kappa shape index (κ2) is 5.45. The van der Waals surface area contributed by atoms with Gasteiger partial charge in [-0.05, 0) is 43.7 Å². The largest absolute Gasteiger partial charge is 0.508 e. The SMILES string of the molecule is Cc1ccc(C(C)Nc2cccc(C#N)c2)c(O)c1. The van der Waals surface area contributed by atoms with Gasteiger partial charge in [0.2, 0.25) is 0 Å². The highest BCUT2D eigenvalue weighted by Gasteiger charge is 2.10. The lowest BCUT2D eigenvalue weighted by Gasteiger charge is -2.17. The number of rotatable bonds is 3. The molecule has 19 heavy (non-hydrogen) atoms. The quantitative estimate of drug-likeness (QED) is 0.874. The minimum Gasteiger partial charge on any atom is -0.508 e. The van der Waals surface area contributed by atoms with Crippen LogP contribution < -0.4 is 5.32 Å². The van der Waals surface area contributed by atoms with E-state index in [1.54, 1.807) is 18.2 Å². The van der Waals surface area contributed by atoms with E-state index in [4.69, 9.17) is 5.26 Å². The highest BCUT2D eigenvalue weighted by atomic mass is 16.3. The van der Waals surface area contributed by atoms with Gasteiger partial charge in [-0.15, -0.1) is 0 Å². The normalized spacial score (nSPS) is 11.6. The Morgan fingerprint density at radius 1 is 1.21 bits per heavy atom. The zero-order valence-corrected chi connectivity index (χ0v) is 11.0. The van der Waals surface area contributed by atoms with Gasteiger partial charge in [-0.3, -0.25) is 0 Å². The Balaban J connectivity index is 2.20. The molecule has 2 aromatic rings. The van der Waals surface area contributed by atoms with Crippen LogP contribution in [0.5, 0.6) is 5.75 Å². The third-order valence-electron chi connectivity index (χ3n) is 3.03. The zero-order chi connectivity index (χ0) is 13.8. The van der Waals surface area contributed by atoms with E-state index in [-0.39, 0.29) is 11.8 Å². The molecule has 0 heterocycles. The fraction of sp³-hybridized carbons (Fsp3) is 0.188.